The van der Waals surface area contributed by atoms with Gasteiger partial charge in [0.2, 0.25) is 11.8 Å². The minimum atomic E-state index is -1.30. The summed E-state index contributed by atoms with van der Waals surface area (Å²) < 4.78 is 5.35. The van der Waals surface area contributed by atoms with Gasteiger partial charge in [0.25, 0.3) is 5.69 Å². The van der Waals surface area contributed by atoms with Crippen LogP contribution in [0.4, 0.5) is 11.4 Å². The Hall–Kier alpha value is -4.33. The highest BCUT2D eigenvalue weighted by molar-refractivity contribution is 6.26. The molecule has 1 saturated heterocycles. The van der Waals surface area contributed by atoms with Crippen LogP contribution in [0.15, 0.2) is 66.7 Å². The van der Waals surface area contributed by atoms with Crippen molar-refractivity contribution in [2.75, 3.05) is 12.0 Å². The van der Waals surface area contributed by atoms with E-state index in [2.05, 4.69) is 0 Å². The molecule has 2 bridgehead atoms. The second kappa shape index (κ2) is 7.09. The van der Waals surface area contributed by atoms with Crippen LogP contribution in [-0.2, 0) is 19.8 Å². The van der Waals surface area contributed by atoms with Crippen molar-refractivity contribution in [1.82, 2.24) is 0 Å². The lowest BCUT2D eigenvalue weighted by Gasteiger charge is -2.52. The summed E-state index contributed by atoms with van der Waals surface area (Å²) in [5, 5.41) is 11.3. The van der Waals surface area contributed by atoms with Crippen LogP contribution in [0.5, 0.6) is 5.75 Å². The maximum atomic E-state index is 14.1. The number of nitrogens with zero attached hydrogens (tertiary/aromatic N) is 2. The molecule has 3 aliphatic carbocycles. The molecule has 0 unspecified atom stereocenters. The molecule has 8 heteroatoms. The molecular weight excluding hydrogens is 448 g/mol. The quantitative estimate of drug-likeness (QED) is 0.328. The van der Waals surface area contributed by atoms with Crippen molar-refractivity contribution in [1.29, 1.82) is 0 Å². The highest BCUT2D eigenvalue weighted by Crippen LogP contribution is 2.64. The van der Waals surface area contributed by atoms with Gasteiger partial charge in [-0.1, -0.05) is 48.5 Å². The van der Waals surface area contributed by atoms with Gasteiger partial charge >= 0.3 is 0 Å². The molecule has 35 heavy (non-hydrogen) atoms. The van der Waals surface area contributed by atoms with Crippen molar-refractivity contribution in [3.8, 4) is 5.75 Å². The van der Waals surface area contributed by atoms with Crippen molar-refractivity contribution >= 4 is 29.0 Å². The molecule has 1 aliphatic heterocycles. The second-order valence-electron chi connectivity index (χ2n) is 9.14. The Morgan fingerprint density at radius 2 is 1.57 bits per heavy atom. The number of carbonyl (C=O) groups excluding carboxylic acids is 3. The molecule has 3 aromatic carbocycles. The van der Waals surface area contributed by atoms with E-state index in [0.29, 0.717) is 0 Å². The fraction of sp³-hybridized carbons (Fsp3) is 0.222. The van der Waals surface area contributed by atoms with Crippen LogP contribution in [0.2, 0.25) is 0 Å². The number of amides is 2. The van der Waals surface area contributed by atoms with E-state index in [1.807, 2.05) is 48.5 Å². The zero-order valence-electron chi connectivity index (χ0n) is 18.9. The van der Waals surface area contributed by atoms with E-state index in [0.717, 1.165) is 27.2 Å². The first kappa shape index (κ1) is 21.2. The molecule has 0 aromatic heterocycles. The monoisotopic (exact) mass is 468 g/mol. The number of anilines is 1. The number of hydrogen-bond acceptors (Lipinski definition) is 6. The molecule has 0 spiro atoms. The summed E-state index contributed by atoms with van der Waals surface area (Å²) in [6, 6.07) is 18.8. The smallest absolute Gasteiger partial charge is 0.273 e. The molecule has 7 rings (SSSR count). The van der Waals surface area contributed by atoms with Gasteiger partial charge in [0, 0.05) is 12.0 Å². The lowest BCUT2D eigenvalue weighted by molar-refractivity contribution is -0.384. The molecule has 3 aromatic rings. The number of imide groups is 1. The summed E-state index contributed by atoms with van der Waals surface area (Å²) in [5.74, 6) is -3.21. The molecule has 174 valence electrons. The lowest BCUT2D eigenvalue weighted by atomic mass is 9.46. The zero-order valence-corrected chi connectivity index (χ0v) is 18.9. The fourth-order valence-electron chi connectivity index (χ4n) is 6.57. The number of benzene rings is 3. The zero-order chi connectivity index (χ0) is 24.6. The first-order valence-corrected chi connectivity index (χ1v) is 11.2. The second-order valence-corrected chi connectivity index (χ2v) is 9.14. The molecule has 0 N–H and O–H groups in total. The number of non-ortho nitro benzene ring substituents is 1. The molecule has 8 nitrogen and oxygen atoms in total. The predicted octanol–water partition coefficient (Wildman–Crippen LogP) is 3.74. The van der Waals surface area contributed by atoms with Gasteiger partial charge in [-0.15, -0.1) is 0 Å². The van der Waals surface area contributed by atoms with Gasteiger partial charge in [-0.05, 0) is 35.2 Å². The largest absolute Gasteiger partial charge is 0.494 e. The van der Waals surface area contributed by atoms with Crippen LogP contribution in [0, 0.1) is 22.0 Å². The van der Waals surface area contributed by atoms with E-state index in [1.165, 1.54) is 32.2 Å². The predicted molar refractivity (Wildman–Crippen MR) is 125 cm³/mol. The van der Waals surface area contributed by atoms with Crippen LogP contribution >= 0.6 is 0 Å². The summed E-state index contributed by atoms with van der Waals surface area (Å²) in [6.07, 6.45) is 0. The Labute approximate surface area is 200 Å². The van der Waals surface area contributed by atoms with E-state index in [9.17, 15) is 24.5 Å². The average molecular weight is 468 g/mol. The summed E-state index contributed by atoms with van der Waals surface area (Å²) in [5.41, 5.74) is 1.88. The Morgan fingerprint density at radius 3 is 2.11 bits per heavy atom. The van der Waals surface area contributed by atoms with E-state index in [4.69, 9.17) is 4.74 Å². The van der Waals surface area contributed by atoms with E-state index >= 15 is 0 Å². The van der Waals surface area contributed by atoms with E-state index < -0.39 is 34.0 Å². The number of carbonyl (C=O) groups is 3. The van der Waals surface area contributed by atoms with Crippen molar-refractivity contribution in [2.24, 2.45) is 11.8 Å². The van der Waals surface area contributed by atoms with Gasteiger partial charge in [0.15, 0.2) is 0 Å². The van der Waals surface area contributed by atoms with Gasteiger partial charge in [0.1, 0.15) is 11.5 Å². The molecule has 2 atom stereocenters. The third-order valence-electron chi connectivity index (χ3n) is 7.79. The van der Waals surface area contributed by atoms with Crippen LogP contribution in [0.25, 0.3) is 0 Å². The number of ether oxygens (including phenoxy) is 1. The first-order chi connectivity index (χ1) is 16.8. The third kappa shape index (κ3) is 2.43. The van der Waals surface area contributed by atoms with Crippen LogP contribution < -0.4 is 9.64 Å². The van der Waals surface area contributed by atoms with Gasteiger partial charge in [-0.25, -0.2) is 4.90 Å². The Balaban J connectivity index is 1.62. The SMILES string of the molecule is COc1cc([N+](=O)[O-])ccc1N1C(=O)[C@@H]2C3c4ccccc4C(C(C)=O)(c4ccccc43)[C@H]2C1=O. The Kier molecular flexibility index (Phi) is 4.30. The summed E-state index contributed by atoms with van der Waals surface area (Å²) >= 11 is 0. The third-order valence-corrected chi connectivity index (χ3v) is 7.79. The normalized spacial score (nSPS) is 25.7. The number of nitro groups is 1. The molecule has 2 amide bonds. The number of nitro benzene ring substituents is 1. The maximum Gasteiger partial charge on any atom is 0.273 e. The fourth-order valence-corrected chi connectivity index (χ4v) is 6.57. The molecule has 1 fully saturated rings. The molecule has 4 aliphatic rings. The van der Waals surface area contributed by atoms with E-state index in [-0.39, 0.29) is 28.8 Å². The van der Waals surface area contributed by atoms with E-state index in [1.54, 1.807) is 0 Å². The molecule has 0 saturated carbocycles. The minimum Gasteiger partial charge on any atom is -0.494 e. The number of rotatable bonds is 4. The summed E-state index contributed by atoms with van der Waals surface area (Å²) in [4.78, 5) is 53.5. The summed E-state index contributed by atoms with van der Waals surface area (Å²) in [6.45, 7) is 1.48. The van der Waals surface area contributed by atoms with Crippen molar-refractivity contribution < 1.29 is 24.0 Å². The lowest BCUT2D eigenvalue weighted by Crippen LogP contribution is -2.57. The maximum absolute atomic E-state index is 14.1. The van der Waals surface area contributed by atoms with Crippen molar-refractivity contribution in [3.63, 3.8) is 0 Å². The Morgan fingerprint density at radius 1 is 0.971 bits per heavy atom. The highest BCUT2D eigenvalue weighted by atomic mass is 16.6. The van der Waals surface area contributed by atoms with Crippen LogP contribution in [0.3, 0.4) is 0 Å². The van der Waals surface area contributed by atoms with Crippen LogP contribution in [-0.4, -0.2) is 29.6 Å². The first-order valence-electron chi connectivity index (χ1n) is 11.2. The van der Waals surface area contributed by atoms with Gasteiger partial charge in [-0.2, -0.15) is 0 Å². The highest BCUT2D eigenvalue weighted by Gasteiger charge is 2.70. The molecular formula is C27H20N2O6. The Bertz CT molecular complexity index is 1430. The number of hydrogen-bond donors (Lipinski definition) is 0. The summed E-state index contributed by atoms with van der Waals surface area (Å²) in [7, 11) is 1.33. The number of ketones is 1. The van der Waals surface area contributed by atoms with Crippen molar-refractivity contribution in [3.05, 3.63) is 99.1 Å². The molecule has 0 radical (unpaired) electrons. The number of Topliss-reactive ketones (excluding diaryl/α,β-unsaturated/α-hetero) is 1. The van der Waals surface area contributed by atoms with Crippen molar-refractivity contribution in [2.45, 2.75) is 18.3 Å². The van der Waals surface area contributed by atoms with Gasteiger partial charge in [-0.3, -0.25) is 24.5 Å². The van der Waals surface area contributed by atoms with Gasteiger partial charge < -0.3 is 4.74 Å². The molecule has 1 heterocycles. The van der Waals surface area contributed by atoms with Gasteiger partial charge in [0.05, 0.1) is 41.0 Å². The van der Waals surface area contributed by atoms with Crippen LogP contribution in [0.1, 0.15) is 35.1 Å². The number of methoxy groups -OCH3 is 1. The minimum absolute atomic E-state index is 0.0406. The average Bonchev–Trinajstić information content (AvgIpc) is 3.13. The topological polar surface area (TPSA) is 107 Å². The standard InChI is InChI=1S/C27H20N2O6/c1-14(30)27-18-9-5-3-7-16(18)22(17-8-4-6-10-19(17)27)23-24(27)26(32)28(25(23)31)20-12-11-15(29(33)34)13-21(20)35-2/h3-13,22-24H,1-2H3/t22?,23-,24-,27?/m1/s1.